The minimum atomic E-state index is -0.947. The van der Waals surface area contributed by atoms with Gasteiger partial charge in [-0.25, -0.2) is 0 Å². The molecule has 5 heteroatoms. The summed E-state index contributed by atoms with van der Waals surface area (Å²) in [4.78, 5) is 24.7. The second kappa shape index (κ2) is 7.36. The monoisotopic (exact) mass is 256 g/mol. The van der Waals surface area contributed by atoms with Gasteiger partial charge >= 0.3 is 5.97 Å². The van der Waals surface area contributed by atoms with Crippen molar-refractivity contribution in [3.05, 3.63) is 0 Å². The smallest absolute Gasteiger partial charge is 0.323 e. The second-order valence-corrected chi connectivity index (χ2v) is 4.97. The average Bonchev–Trinajstić information content (AvgIpc) is 2.62. The third kappa shape index (κ3) is 4.29. The van der Waals surface area contributed by atoms with Gasteiger partial charge in [-0.1, -0.05) is 19.8 Å². The number of aliphatic carboxylic acids is 1. The number of carboxylic acid groups (broad SMARTS) is 1. The first kappa shape index (κ1) is 15.0. The van der Waals surface area contributed by atoms with Crippen molar-refractivity contribution >= 4 is 11.9 Å². The van der Waals surface area contributed by atoms with Crippen LogP contribution in [0, 0.1) is 0 Å². The van der Waals surface area contributed by atoms with Gasteiger partial charge in [0.1, 0.15) is 6.54 Å². The maximum absolute atomic E-state index is 12.4. The summed E-state index contributed by atoms with van der Waals surface area (Å²) in [6.45, 7) is 4.51. The van der Waals surface area contributed by atoms with Crippen LogP contribution in [0.4, 0.5) is 0 Å². The molecule has 1 aliphatic rings. The van der Waals surface area contributed by atoms with Gasteiger partial charge in [-0.05, 0) is 32.7 Å². The number of hydrogen-bond donors (Lipinski definition) is 2. The summed E-state index contributed by atoms with van der Waals surface area (Å²) in [5, 5.41) is 12.1. The minimum absolute atomic E-state index is 0.0290. The van der Waals surface area contributed by atoms with Crippen LogP contribution >= 0.6 is 0 Å². The molecule has 0 aromatic rings. The number of carbonyl (C=O) groups excluding carboxylic acids is 1. The maximum atomic E-state index is 12.4. The first-order valence-corrected chi connectivity index (χ1v) is 6.82. The van der Waals surface area contributed by atoms with Gasteiger partial charge in [-0.2, -0.15) is 0 Å². The molecule has 2 atom stereocenters. The summed E-state index contributed by atoms with van der Waals surface area (Å²) in [7, 11) is 0. The van der Waals surface area contributed by atoms with E-state index in [1.165, 1.54) is 4.90 Å². The molecule has 2 unspecified atom stereocenters. The fourth-order valence-corrected chi connectivity index (χ4v) is 2.26. The van der Waals surface area contributed by atoms with Gasteiger partial charge in [-0.3, -0.25) is 9.59 Å². The maximum Gasteiger partial charge on any atom is 0.323 e. The Kier molecular flexibility index (Phi) is 6.12. The number of rotatable bonds is 5. The van der Waals surface area contributed by atoms with Crippen molar-refractivity contribution in [2.75, 3.05) is 13.1 Å². The standard InChI is InChI=1S/C13H24N2O3/c1-3-10(2)15(9-12(16)17)13(18)11-7-5-4-6-8-14-11/h10-11,14H,3-9H2,1-2H3,(H,16,17). The highest BCUT2D eigenvalue weighted by molar-refractivity contribution is 5.85. The third-order valence-electron chi connectivity index (χ3n) is 3.57. The Labute approximate surface area is 109 Å². The number of carboxylic acids is 1. The predicted octanol–water partition coefficient (Wildman–Crippen LogP) is 1.23. The van der Waals surface area contributed by atoms with Crippen LogP contribution in [0.2, 0.25) is 0 Å². The molecule has 1 aliphatic heterocycles. The number of amides is 1. The second-order valence-electron chi connectivity index (χ2n) is 4.97. The lowest BCUT2D eigenvalue weighted by atomic mass is 10.1. The predicted molar refractivity (Wildman–Crippen MR) is 69.4 cm³/mol. The van der Waals surface area contributed by atoms with Crippen molar-refractivity contribution in [2.45, 2.75) is 58.0 Å². The summed E-state index contributed by atoms with van der Waals surface area (Å²) >= 11 is 0. The van der Waals surface area contributed by atoms with Gasteiger partial charge in [0, 0.05) is 6.04 Å². The van der Waals surface area contributed by atoms with E-state index in [1.54, 1.807) is 0 Å². The highest BCUT2D eigenvalue weighted by Crippen LogP contribution is 2.13. The zero-order chi connectivity index (χ0) is 13.5. The van der Waals surface area contributed by atoms with Crippen molar-refractivity contribution < 1.29 is 14.7 Å². The first-order valence-electron chi connectivity index (χ1n) is 6.82. The van der Waals surface area contributed by atoms with E-state index in [0.29, 0.717) is 0 Å². The largest absolute Gasteiger partial charge is 0.480 e. The van der Waals surface area contributed by atoms with E-state index in [9.17, 15) is 9.59 Å². The molecular formula is C13H24N2O3. The Morgan fingerprint density at radius 3 is 2.72 bits per heavy atom. The van der Waals surface area contributed by atoms with Crippen LogP contribution in [-0.2, 0) is 9.59 Å². The van der Waals surface area contributed by atoms with Crippen LogP contribution in [0.15, 0.2) is 0 Å². The molecule has 18 heavy (non-hydrogen) atoms. The van der Waals surface area contributed by atoms with E-state index in [0.717, 1.165) is 38.6 Å². The Hall–Kier alpha value is -1.10. The molecule has 1 saturated heterocycles. The molecular weight excluding hydrogens is 232 g/mol. The summed E-state index contributed by atoms with van der Waals surface area (Å²) < 4.78 is 0. The lowest BCUT2D eigenvalue weighted by Crippen LogP contribution is -2.51. The summed E-state index contributed by atoms with van der Waals surface area (Å²) in [6.07, 6.45) is 4.84. The molecule has 0 spiro atoms. The van der Waals surface area contributed by atoms with E-state index >= 15 is 0 Å². The lowest BCUT2D eigenvalue weighted by molar-refractivity contribution is -0.147. The van der Waals surface area contributed by atoms with Crippen LogP contribution in [0.1, 0.15) is 46.0 Å². The molecule has 1 rings (SSSR count). The molecule has 1 amide bonds. The lowest BCUT2D eigenvalue weighted by Gasteiger charge is -2.30. The number of nitrogens with one attached hydrogen (secondary N) is 1. The molecule has 0 aromatic carbocycles. The highest BCUT2D eigenvalue weighted by Gasteiger charge is 2.28. The molecule has 1 fully saturated rings. The van der Waals surface area contributed by atoms with Crippen molar-refractivity contribution in [2.24, 2.45) is 0 Å². The average molecular weight is 256 g/mol. The molecule has 0 radical (unpaired) electrons. The molecule has 2 N–H and O–H groups in total. The molecule has 5 nitrogen and oxygen atoms in total. The van der Waals surface area contributed by atoms with Crippen LogP contribution in [-0.4, -0.2) is 47.1 Å². The quantitative estimate of drug-likeness (QED) is 0.776. The van der Waals surface area contributed by atoms with Gasteiger partial charge in [0.15, 0.2) is 0 Å². The Bertz CT molecular complexity index is 286. The summed E-state index contributed by atoms with van der Waals surface area (Å²) in [5.74, 6) is -1.01. The number of hydrogen-bond acceptors (Lipinski definition) is 3. The van der Waals surface area contributed by atoms with E-state index in [2.05, 4.69) is 5.32 Å². The minimum Gasteiger partial charge on any atom is -0.480 e. The van der Waals surface area contributed by atoms with Crippen LogP contribution < -0.4 is 5.32 Å². The molecule has 0 aliphatic carbocycles. The Morgan fingerprint density at radius 1 is 1.39 bits per heavy atom. The van der Waals surface area contributed by atoms with Crippen molar-refractivity contribution in [3.8, 4) is 0 Å². The highest BCUT2D eigenvalue weighted by atomic mass is 16.4. The molecule has 0 saturated carbocycles. The SMILES string of the molecule is CCC(C)N(CC(=O)O)C(=O)C1CCCCCN1. The number of carbonyl (C=O) groups is 2. The molecule has 1 heterocycles. The van der Waals surface area contributed by atoms with Crippen molar-refractivity contribution in [1.82, 2.24) is 10.2 Å². The summed E-state index contributed by atoms with van der Waals surface area (Å²) in [5.41, 5.74) is 0. The zero-order valence-electron chi connectivity index (χ0n) is 11.3. The van der Waals surface area contributed by atoms with Crippen LogP contribution in [0.5, 0.6) is 0 Å². The van der Waals surface area contributed by atoms with Gasteiger partial charge in [-0.15, -0.1) is 0 Å². The van der Waals surface area contributed by atoms with Gasteiger partial charge in [0.2, 0.25) is 5.91 Å². The van der Waals surface area contributed by atoms with E-state index in [-0.39, 0.29) is 24.5 Å². The Balaban J connectivity index is 2.69. The molecule has 104 valence electrons. The van der Waals surface area contributed by atoms with Crippen LogP contribution in [0.25, 0.3) is 0 Å². The van der Waals surface area contributed by atoms with Crippen molar-refractivity contribution in [1.29, 1.82) is 0 Å². The fourth-order valence-electron chi connectivity index (χ4n) is 2.26. The van der Waals surface area contributed by atoms with E-state index in [1.807, 2.05) is 13.8 Å². The topological polar surface area (TPSA) is 69.6 Å². The fraction of sp³-hybridized carbons (Fsp3) is 0.846. The zero-order valence-corrected chi connectivity index (χ0v) is 11.3. The molecule has 0 aromatic heterocycles. The summed E-state index contributed by atoms with van der Waals surface area (Å²) in [6, 6.07) is -0.237. The van der Waals surface area contributed by atoms with Gasteiger partial charge in [0.25, 0.3) is 0 Å². The first-order chi connectivity index (χ1) is 8.56. The van der Waals surface area contributed by atoms with E-state index in [4.69, 9.17) is 5.11 Å². The normalized spacial score (nSPS) is 22.0. The number of nitrogens with zero attached hydrogens (tertiary/aromatic N) is 1. The third-order valence-corrected chi connectivity index (χ3v) is 3.57. The van der Waals surface area contributed by atoms with Crippen LogP contribution in [0.3, 0.4) is 0 Å². The molecule has 0 bridgehead atoms. The Morgan fingerprint density at radius 2 is 2.11 bits per heavy atom. The van der Waals surface area contributed by atoms with Crippen molar-refractivity contribution in [3.63, 3.8) is 0 Å². The van der Waals surface area contributed by atoms with E-state index < -0.39 is 5.97 Å². The van der Waals surface area contributed by atoms with Gasteiger partial charge in [0.05, 0.1) is 6.04 Å². The van der Waals surface area contributed by atoms with Gasteiger partial charge < -0.3 is 15.3 Å².